The van der Waals surface area contributed by atoms with E-state index in [1.807, 2.05) is 0 Å². The third-order valence-corrected chi connectivity index (χ3v) is 5.33. The highest BCUT2D eigenvalue weighted by molar-refractivity contribution is 5.90. The van der Waals surface area contributed by atoms with E-state index in [9.17, 15) is 26.3 Å². The summed E-state index contributed by atoms with van der Waals surface area (Å²) in [7, 11) is 0. The molecular weight excluding hydrogens is 413 g/mol. The van der Waals surface area contributed by atoms with Gasteiger partial charge in [-0.1, -0.05) is 13.0 Å². The van der Waals surface area contributed by atoms with Gasteiger partial charge in [0.15, 0.2) is 11.6 Å². The normalized spacial score (nSPS) is 16.6. The summed E-state index contributed by atoms with van der Waals surface area (Å²) in [6, 6.07) is 5.19. The van der Waals surface area contributed by atoms with E-state index in [4.69, 9.17) is 0 Å². The van der Waals surface area contributed by atoms with Gasteiger partial charge >= 0.3 is 6.36 Å². The molecule has 0 saturated heterocycles. The first-order valence-electron chi connectivity index (χ1n) is 9.22. The summed E-state index contributed by atoms with van der Waals surface area (Å²) in [6.07, 6.45) is -2.89. The first kappa shape index (κ1) is 20.5. The summed E-state index contributed by atoms with van der Waals surface area (Å²) in [5, 5.41) is 0.385. The van der Waals surface area contributed by atoms with Crippen molar-refractivity contribution in [2.45, 2.75) is 32.5 Å². The number of hydrogen-bond acceptors (Lipinski definition) is 1. The summed E-state index contributed by atoms with van der Waals surface area (Å²) >= 11 is 0. The van der Waals surface area contributed by atoms with Crippen LogP contribution >= 0.6 is 0 Å². The van der Waals surface area contributed by atoms with Gasteiger partial charge in [0.05, 0.1) is 5.56 Å². The number of benzene rings is 3. The maximum absolute atomic E-state index is 15.2. The molecule has 0 radical (unpaired) electrons. The van der Waals surface area contributed by atoms with Crippen LogP contribution in [-0.4, -0.2) is 6.36 Å². The standard InChI is InChI=1S/C22H15F7O/c1-10-2-3-11-6-15-13(5-12(11)4-10)7-16(23)19(20(15)26)14-8-17(24)21(18(25)9-14)30-22(27,28)29/h5-10H,2-4H2,1H3. The Morgan fingerprint density at radius 2 is 1.53 bits per heavy atom. The third-order valence-electron chi connectivity index (χ3n) is 5.33. The van der Waals surface area contributed by atoms with Gasteiger partial charge in [-0.25, -0.2) is 17.6 Å². The predicted molar refractivity (Wildman–Crippen MR) is 97.1 cm³/mol. The average Bonchev–Trinajstić information content (AvgIpc) is 2.63. The molecule has 8 heteroatoms. The largest absolute Gasteiger partial charge is 0.573 e. The maximum atomic E-state index is 15.2. The summed E-state index contributed by atoms with van der Waals surface area (Å²) in [5.74, 6) is -6.79. The number of rotatable bonds is 2. The molecule has 0 aliphatic heterocycles. The van der Waals surface area contributed by atoms with Gasteiger partial charge in [-0.05, 0) is 71.5 Å². The molecule has 158 valence electrons. The van der Waals surface area contributed by atoms with Crippen molar-refractivity contribution in [3.05, 3.63) is 64.7 Å². The van der Waals surface area contributed by atoms with Crippen LogP contribution in [0.1, 0.15) is 24.5 Å². The lowest BCUT2D eigenvalue weighted by atomic mass is 9.83. The summed E-state index contributed by atoms with van der Waals surface area (Å²) < 4.78 is 98.3. The van der Waals surface area contributed by atoms with Crippen molar-refractivity contribution in [1.82, 2.24) is 0 Å². The molecule has 0 saturated carbocycles. The molecule has 3 aromatic carbocycles. The van der Waals surface area contributed by atoms with Crippen LogP contribution < -0.4 is 4.74 Å². The molecule has 0 spiro atoms. The Kier molecular flexibility index (Phi) is 4.91. The van der Waals surface area contributed by atoms with Crippen molar-refractivity contribution in [2.75, 3.05) is 0 Å². The summed E-state index contributed by atoms with van der Waals surface area (Å²) in [5.41, 5.74) is 0.632. The van der Waals surface area contributed by atoms with E-state index >= 15 is 4.39 Å². The fourth-order valence-electron chi connectivity index (χ4n) is 3.95. The molecule has 1 nitrogen and oxygen atoms in total. The van der Waals surface area contributed by atoms with E-state index in [1.54, 1.807) is 12.1 Å². The van der Waals surface area contributed by atoms with Crippen LogP contribution in [0.2, 0.25) is 0 Å². The smallest absolute Gasteiger partial charge is 0.399 e. The topological polar surface area (TPSA) is 9.23 Å². The second kappa shape index (κ2) is 7.18. The fraction of sp³-hybridized carbons (Fsp3) is 0.273. The fourth-order valence-corrected chi connectivity index (χ4v) is 3.95. The second-order valence-corrected chi connectivity index (χ2v) is 7.55. The van der Waals surface area contributed by atoms with E-state index < -0.39 is 46.5 Å². The zero-order valence-corrected chi connectivity index (χ0v) is 15.6. The van der Waals surface area contributed by atoms with Gasteiger partial charge in [0, 0.05) is 5.39 Å². The highest BCUT2D eigenvalue weighted by Crippen LogP contribution is 2.38. The minimum Gasteiger partial charge on any atom is -0.399 e. The van der Waals surface area contributed by atoms with Crippen LogP contribution in [0.4, 0.5) is 30.7 Å². The van der Waals surface area contributed by atoms with E-state index in [1.165, 1.54) is 0 Å². The van der Waals surface area contributed by atoms with Gasteiger partial charge in [0.2, 0.25) is 5.75 Å². The third kappa shape index (κ3) is 3.70. The molecule has 1 aliphatic carbocycles. The first-order chi connectivity index (χ1) is 14.0. The molecule has 0 aromatic heterocycles. The van der Waals surface area contributed by atoms with Crippen molar-refractivity contribution in [3.8, 4) is 16.9 Å². The van der Waals surface area contributed by atoms with Gasteiger partial charge < -0.3 is 4.74 Å². The molecule has 3 aromatic rings. The molecule has 1 unspecified atom stereocenters. The Balaban J connectivity index is 1.86. The van der Waals surface area contributed by atoms with Gasteiger partial charge in [0.25, 0.3) is 0 Å². The Morgan fingerprint density at radius 3 is 2.17 bits per heavy atom. The molecule has 4 rings (SSSR count). The Labute approximate surface area is 167 Å². The molecule has 1 aliphatic rings. The minimum absolute atomic E-state index is 0.0798. The number of ether oxygens (including phenoxy) is 1. The number of halogens is 7. The molecule has 0 heterocycles. The lowest BCUT2D eigenvalue weighted by Crippen LogP contribution is -2.19. The lowest BCUT2D eigenvalue weighted by Gasteiger charge is -2.22. The molecule has 30 heavy (non-hydrogen) atoms. The van der Waals surface area contributed by atoms with Gasteiger partial charge in [0.1, 0.15) is 11.6 Å². The average molecular weight is 428 g/mol. The second-order valence-electron chi connectivity index (χ2n) is 7.55. The predicted octanol–water partition coefficient (Wildman–Crippen LogP) is 7.09. The van der Waals surface area contributed by atoms with Crippen LogP contribution in [0, 0.1) is 29.2 Å². The Bertz CT molecular complexity index is 1130. The zero-order valence-electron chi connectivity index (χ0n) is 15.6. The monoisotopic (exact) mass is 428 g/mol. The molecular formula is C22H15F7O. The quantitative estimate of drug-likeness (QED) is 0.396. The van der Waals surface area contributed by atoms with Crippen LogP contribution in [0.3, 0.4) is 0 Å². The maximum Gasteiger partial charge on any atom is 0.573 e. The lowest BCUT2D eigenvalue weighted by molar-refractivity contribution is -0.276. The molecule has 0 amide bonds. The van der Waals surface area contributed by atoms with E-state index in [-0.39, 0.29) is 5.39 Å². The van der Waals surface area contributed by atoms with Gasteiger partial charge in [-0.3, -0.25) is 0 Å². The van der Waals surface area contributed by atoms with Crippen LogP contribution in [-0.2, 0) is 12.8 Å². The SMILES string of the molecule is CC1CCc2cc3c(F)c(-c4cc(F)c(OC(F)(F)F)c(F)c4)c(F)cc3cc2C1. The van der Waals surface area contributed by atoms with Crippen molar-refractivity contribution in [1.29, 1.82) is 0 Å². The Hall–Kier alpha value is -2.77. The number of fused-ring (bicyclic) bond motifs is 2. The van der Waals surface area contributed by atoms with Crippen LogP contribution in [0.5, 0.6) is 5.75 Å². The van der Waals surface area contributed by atoms with Crippen molar-refractivity contribution in [2.24, 2.45) is 5.92 Å². The van der Waals surface area contributed by atoms with E-state index in [2.05, 4.69) is 11.7 Å². The number of alkyl halides is 3. The van der Waals surface area contributed by atoms with Crippen LogP contribution in [0.15, 0.2) is 30.3 Å². The minimum atomic E-state index is -5.32. The summed E-state index contributed by atoms with van der Waals surface area (Å²) in [6.45, 7) is 2.09. The molecule has 1 atom stereocenters. The molecule has 0 N–H and O–H groups in total. The van der Waals surface area contributed by atoms with E-state index in [0.717, 1.165) is 36.5 Å². The molecule has 0 fully saturated rings. The number of aryl methyl sites for hydroxylation is 1. The molecule has 0 bridgehead atoms. The van der Waals surface area contributed by atoms with Gasteiger partial charge in [-0.15, -0.1) is 13.2 Å². The van der Waals surface area contributed by atoms with Crippen LogP contribution in [0.25, 0.3) is 21.9 Å². The van der Waals surface area contributed by atoms with Crippen molar-refractivity contribution < 1.29 is 35.5 Å². The number of hydrogen-bond donors (Lipinski definition) is 0. The first-order valence-corrected chi connectivity index (χ1v) is 9.22. The van der Waals surface area contributed by atoms with Gasteiger partial charge in [-0.2, -0.15) is 0 Å². The van der Waals surface area contributed by atoms with Crippen molar-refractivity contribution >= 4 is 10.8 Å². The highest BCUT2D eigenvalue weighted by Gasteiger charge is 2.34. The summed E-state index contributed by atoms with van der Waals surface area (Å²) in [4.78, 5) is 0. The highest BCUT2D eigenvalue weighted by atomic mass is 19.4. The Morgan fingerprint density at radius 1 is 0.867 bits per heavy atom. The van der Waals surface area contributed by atoms with E-state index in [0.29, 0.717) is 23.4 Å². The van der Waals surface area contributed by atoms with Crippen molar-refractivity contribution in [3.63, 3.8) is 0 Å². The zero-order chi connectivity index (χ0) is 21.8.